The first kappa shape index (κ1) is 11.0. The van der Waals surface area contributed by atoms with Gasteiger partial charge in [0.2, 0.25) is 0 Å². The van der Waals surface area contributed by atoms with E-state index in [1.165, 1.54) is 4.80 Å². The number of hydrogen-bond donors (Lipinski definition) is 1. The Bertz CT molecular complexity index is 927. The topological polar surface area (TPSA) is 50.9 Å². The van der Waals surface area contributed by atoms with Gasteiger partial charge in [0.25, 0.3) is 0 Å². The van der Waals surface area contributed by atoms with Gasteiger partial charge in [0.15, 0.2) is 0 Å². The number of fused-ring (bicyclic) bond motifs is 3. The lowest BCUT2D eigenvalue weighted by Gasteiger charge is -2.00. The van der Waals surface area contributed by atoms with Crippen molar-refractivity contribution < 1.29 is 5.11 Å². The average Bonchev–Trinajstić information content (AvgIpc) is 2.92. The summed E-state index contributed by atoms with van der Waals surface area (Å²) in [5, 5.41) is 21.0. The summed E-state index contributed by atoms with van der Waals surface area (Å²) in [6.07, 6.45) is 0. The molecule has 96 valence electrons. The molecule has 1 heterocycles. The maximum Gasteiger partial charge on any atom is 0.143 e. The number of para-hydroxylation sites is 2. The SMILES string of the molecule is Oc1ccccc1-n1nc2ccc3ccccc3c2n1. The van der Waals surface area contributed by atoms with Gasteiger partial charge >= 0.3 is 0 Å². The summed E-state index contributed by atoms with van der Waals surface area (Å²) >= 11 is 0. The third kappa shape index (κ3) is 1.55. The standard InChI is InChI=1S/C16H11N3O/c20-15-8-4-3-7-14(15)19-17-13-10-9-11-5-1-2-6-12(11)16(13)18-19/h1-10,20H. The van der Waals surface area contributed by atoms with E-state index < -0.39 is 0 Å². The van der Waals surface area contributed by atoms with Crippen LogP contribution < -0.4 is 0 Å². The molecule has 0 atom stereocenters. The lowest BCUT2D eigenvalue weighted by atomic mass is 10.1. The summed E-state index contributed by atoms with van der Waals surface area (Å²) in [5.41, 5.74) is 2.23. The first-order chi connectivity index (χ1) is 9.83. The van der Waals surface area contributed by atoms with Crippen LogP contribution in [0.3, 0.4) is 0 Å². The van der Waals surface area contributed by atoms with Crippen molar-refractivity contribution in [2.45, 2.75) is 0 Å². The van der Waals surface area contributed by atoms with Crippen LogP contribution >= 0.6 is 0 Å². The molecule has 0 unspecified atom stereocenters. The number of rotatable bonds is 1. The molecule has 4 nitrogen and oxygen atoms in total. The third-order valence-electron chi connectivity index (χ3n) is 3.37. The minimum absolute atomic E-state index is 0.164. The number of benzene rings is 3. The number of hydrogen-bond acceptors (Lipinski definition) is 3. The van der Waals surface area contributed by atoms with Gasteiger partial charge < -0.3 is 5.11 Å². The molecule has 0 aliphatic heterocycles. The normalized spacial score (nSPS) is 11.2. The second kappa shape index (κ2) is 4.06. The Morgan fingerprint density at radius 3 is 2.50 bits per heavy atom. The molecule has 0 aliphatic carbocycles. The monoisotopic (exact) mass is 261 g/mol. The Morgan fingerprint density at radius 2 is 1.60 bits per heavy atom. The van der Waals surface area contributed by atoms with Gasteiger partial charge in [0.05, 0.1) is 0 Å². The minimum Gasteiger partial charge on any atom is -0.506 e. The minimum atomic E-state index is 0.164. The highest BCUT2D eigenvalue weighted by atomic mass is 16.3. The van der Waals surface area contributed by atoms with E-state index in [2.05, 4.69) is 10.2 Å². The molecule has 1 N–H and O–H groups in total. The first-order valence-electron chi connectivity index (χ1n) is 6.36. The summed E-state index contributed by atoms with van der Waals surface area (Å²) < 4.78 is 0. The molecule has 0 fully saturated rings. The molecule has 3 aromatic carbocycles. The zero-order valence-electron chi connectivity index (χ0n) is 10.6. The molecule has 0 aliphatic rings. The highest BCUT2D eigenvalue weighted by molar-refractivity contribution is 6.03. The van der Waals surface area contributed by atoms with Crippen LogP contribution in [0.15, 0.2) is 60.7 Å². The van der Waals surface area contributed by atoms with Crippen LogP contribution in [0.25, 0.3) is 27.5 Å². The van der Waals surface area contributed by atoms with Gasteiger partial charge in [0.1, 0.15) is 22.5 Å². The van der Waals surface area contributed by atoms with Crippen molar-refractivity contribution in [3.05, 3.63) is 60.7 Å². The fraction of sp³-hybridized carbons (Fsp3) is 0. The van der Waals surface area contributed by atoms with Crippen LogP contribution in [-0.4, -0.2) is 20.1 Å². The van der Waals surface area contributed by atoms with Gasteiger partial charge in [-0.25, -0.2) is 0 Å². The zero-order chi connectivity index (χ0) is 13.5. The van der Waals surface area contributed by atoms with Crippen LogP contribution in [-0.2, 0) is 0 Å². The van der Waals surface area contributed by atoms with E-state index in [4.69, 9.17) is 0 Å². The molecular formula is C16H11N3O. The molecule has 1 aromatic heterocycles. The highest BCUT2D eigenvalue weighted by Gasteiger charge is 2.10. The van der Waals surface area contributed by atoms with Crippen LogP contribution in [0.1, 0.15) is 0 Å². The molecule has 0 spiro atoms. The molecule has 4 heteroatoms. The van der Waals surface area contributed by atoms with Crippen LogP contribution in [0, 0.1) is 0 Å². The van der Waals surface area contributed by atoms with Gasteiger partial charge in [-0.3, -0.25) is 0 Å². The van der Waals surface area contributed by atoms with Crippen molar-refractivity contribution in [1.29, 1.82) is 0 Å². The summed E-state index contributed by atoms with van der Waals surface area (Å²) in [7, 11) is 0. The lowest BCUT2D eigenvalue weighted by molar-refractivity contribution is 0.468. The van der Waals surface area contributed by atoms with Gasteiger partial charge in [-0.1, -0.05) is 42.5 Å². The van der Waals surface area contributed by atoms with E-state index in [0.717, 1.165) is 21.8 Å². The average molecular weight is 261 g/mol. The Balaban J connectivity index is 2.04. The molecular weight excluding hydrogens is 250 g/mol. The molecule has 0 saturated carbocycles. The fourth-order valence-corrected chi connectivity index (χ4v) is 2.39. The first-order valence-corrected chi connectivity index (χ1v) is 6.36. The summed E-state index contributed by atoms with van der Waals surface area (Å²) in [6, 6.07) is 19.1. The van der Waals surface area contributed by atoms with Crippen LogP contribution in [0.4, 0.5) is 0 Å². The Labute approximate surface area is 114 Å². The maximum atomic E-state index is 9.90. The number of aromatic nitrogens is 3. The van der Waals surface area contributed by atoms with Crippen molar-refractivity contribution in [2.75, 3.05) is 0 Å². The molecule has 0 radical (unpaired) electrons. The van der Waals surface area contributed by atoms with Gasteiger partial charge in [-0.2, -0.15) is 0 Å². The highest BCUT2D eigenvalue weighted by Crippen LogP contribution is 2.25. The second-order valence-corrected chi connectivity index (χ2v) is 4.63. The molecule has 4 rings (SSSR count). The predicted octanol–water partition coefficient (Wildman–Crippen LogP) is 3.28. The van der Waals surface area contributed by atoms with Crippen LogP contribution in [0.5, 0.6) is 5.75 Å². The quantitative estimate of drug-likeness (QED) is 0.572. The number of phenols is 1. The Morgan fingerprint density at radius 1 is 0.800 bits per heavy atom. The number of phenolic OH excluding ortho intramolecular Hbond substituents is 1. The molecule has 0 saturated heterocycles. The van der Waals surface area contributed by atoms with E-state index in [0.29, 0.717) is 5.69 Å². The van der Waals surface area contributed by atoms with E-state index in [-0.39, 0.29) is 5.75 Å². The molecule has 20 heavy (non-hydrogen) atoms. The maximum absolute atomic E-state index is 9.90. The fourth-order valence-electron chi connectivity index (χ4n) is 2.39. The van der Waals surface area contributed by atoms with E-state index >= 15 is 0 Å². The smallest absolute Gasteiger partial charge is 0.143 e. The van der Waals surface area contributed by atoms with Crippen molar-refractivity contribution in [2.24, 2.45) is 0 Å². The zero-order valence-corrected chi connectivity index (χ0v) is 10.6. The summed E-state index contributed by atoms with van der Waals surface area (Å²) in [4.78, 5) is 1.48. The lowest BCUT2D eigenvalue weighted by Crippen LogP contribution is -1.98. The van der Waals surface area contributed by atoms with Crippen molar-refractivity contribution in [3.8, 4) is 11.4 Å². The summed E-state index contributed by atoms with van der Waals surface area (Å²) in [5.74, 6) is 0.164. The predicted molar refractivity (Wildman–Crippen MR) is 78.0 cm³/mol. The summed E-state index contributed by atoms with van der Waals surface area (Å²) in [6.45, 7) is 0. The van der Waals surface area contributed by atoms with E-state index in [9.17, 15) is 5.11 Å². The molecule has 4 aromatic rings. The number of nitrogens with zero attached hydrogens (tertiary/aromatic N) is 3. The van der Waals surface area contributed by atoms with Gasteiger partial charge in [-0.15, -0.1) is 15.0 Å². The van der Waals surface area contributed by atoms with Crippen molar-refractivity contribution in [3.63, 3.8) is 0 Å². The largest absolute Gasteiger partial charge is 0.506 e. The van der Waals surface area contributed by atoms with E-state index in [1.807, 2.05) is 42.5 Å². The second-order valence-electron chi connectivity index (χ2n) is 4.63. The van der Waals surface area contributed by atoms with Crippen molar-refractivity contribution in [1.82, 2.24) is 15.0 Å². The van der Waals surface area contributed by atoms with E-state index in [1.54, 1.807) is 18.2 Å². The van der Waals surface area contributed by atoms with Gasteiger partial charge in [0, 0.05) is 5.39 Å². The molecule has 0 amide bonds. The Hall–Kier alpha value is -2.88. The Kier molecular flexibility index (Phi) is 2.23. The van der Waals surface area contributed by atoms with Gasteiger partial charge in [-0.05, 0) is 23.6 Å². The van der Waals surface area contributed by atoms with Crippen LogP contribution in [0.2, 0.25) is 0 Å². The number of aromatic hydroxyl groups is 1. The third-order valence-corrected chi connectivity index (χ3v) is 3.37. The van der Waals surface area contributed by atoms with Crippen molar-refractivity contribution >= 4 is 21.8 Å². The molecule has 0 bridgehead atoms.